The summed E-state index contributed by atoms with van der Waals surface area (Å²) < 4.78 is 5.70. The molecular formula is C15H25IN4O. The van der Waals surface area contributed by atoms with Gasteiger partial charge in [0.05, 0.1) is 6.61 Å². The van der Waals surface area contributed by atoms with E-state index < -0.39 is 0 Å². The molecule has 1 aromatic rings. The van der Waals surface area contributed by atoms with E-state index in [0.29, 0.717) is 25.6 Å². The van der Waals surface area contributed by atoms with Crippen LogP contribution >= 0.6 is 24.0 Å². The highest BCUT2D eigenvalue weighted by Gasteiger charge is 2.05. The molecule has 0 atom stereocenters. The van der Waals surface area contributed by atoms with E-state index in [1.807, 2.05) is 12.1 Å². The SMILES string of the molecule is C=CCNC(=NC)NCc1cccnc1OCCCC.I. The molecule has 21 heavy (non-hydrogen) atoms. The Morgan fingerprint density at radius 1 is 1.48 bits per heavy atom. The summed E-state index contributed by atoms with van der Waals surface area (Å²) in [6.07, 6.45) is 5.68. The number of halogens is 1. The fourth-order valence-corrected chi connectivity index (χ4v) is 1.57. The quantitative estimate of drug-likeness (QED) is 0.230. The standard InChI is InChI=1S/C15H24N4O.HI/c1-4-6-11-20-14-13(8-7-10-17-14)12-19-15(16-3)18-9-5-2;/h5,7-8,10H,2,4,6,9,11-12H2,1,3H3,(H2,16,18,19);1H. The molecule has 5 nitrogen and oxygen atoms in total. The van der Waals surface area contributed by atoms with Gasteiger partial charge < -0.3 is 15.4 Å². The number of rotatable bonds is 8. The van der Waals surface area contributed by atoms with Gasteiger partial charge in [0.25, 0.3) is 0 Å². The van der Waals surface area contributed by atoms with Crippen molar-refractivity contribution in [2.45, 2.75) is 26.3 Å². The van der Waals surface area contributed by atoms with Gasteiger partial charge in [0.15, 0.2) is 5.96 Å². The number of aliphatic imine (C=N–C) groups is 1. The highest BCUT2D eigenvalue weighted by molar-refractivity contribution is 14.0. The van der Waals surface area contributed by atoms with Crippen molar-refractivity contribution >= 4 is 29.9 Å². The highest BCUT2D eigenvalue weighted by atomic mass is 127. The van der Waals surface area contributed by atoms with Gasteiger partial charge in [-0.25, -0.2) is 4.98 Å². The Morgan fingerprint density at radius 3 is 2.95 bits per heavy atom. The maximum atomic E-state index is 5.70. The third kappa shape index (κ3) is 7.89. The van der Waals surface area contributed by atoms with Gasteiger partial charge in [0.2, 0.25) is 5.88 Å². The molecule has 1 aromatic heterocycles. The van der Waals surface area contributed by atoms with Crippen LogP contribution < -0.4 is 15.4 Å². The van der Waals surface area contributed by atoms with E-state index in [-0.39, 0.29) is 24.0 Å². The number of ether oxygens (including phenoxy) is 1. The van der Waals surface area contributed by atoms with Crippen molar-refractivity contribution < 1.29 is 4.74 Å². The molecule has 0 saturated carbocycles. The summed E-state index contributed by atoms with van der Waals surface area (Å²) in [5.74, 6) is 1.42. The first kappa shape index (κ1) is 19.7. The highest BCUT2D eigenvalue weighted by Crippen LogP contribution is 2.14. The van der Waals surface area contributed by atoms with Gasteiger partial charge in [0, 0.05) is 31.9 Å². The summed E-state index contributed by atoms with van der Waals surface area (Å²) in [5.41, 5.74) is 1.02. The third-order valence-electron chi connectivity index (χ3n) is 2.67. The van der Waals surface area contributed by atoms with Crippen molar-refractivity contribution in [3.8, 4) is 5.88 Å². The van der Waals surface area contributed by atoms with Crippen LogP contribution in [-0.4, -0.2) is 31.1 Å². The summed E-state index contributed by atoms with van der Waals surface area (Å²) in [6.45, 7) is 7.79. The lowest BCUT2D eigenvalue weighted by Crippen LogP contribution is -2.36. The van der Waals surface area contributed by atoms with Gasteiger partial charge in [-0.05, 0) is 12.5 Å². The second-order valence-electron chi connectivity index (χ2n) is 4.27. The second kappa shape index (κ2) is 12.4. The summed E-state index contributed by atoms with van der Waals surface area (Å²) in [4.78, 5) is 8.41. The summed E-state index contributed by atoms with van der Waals surface area (Å²) in [5, 5.41) is 6.34. The lowest BCUT2D eigenvalue weighted by atomic mass is 10.2. The Kier molecular flexibility index (Phi) is 11.7. The monoisotopic (exact) mass is 404 g/mol. The number of unbranched alkanes of at least 4 members (excludes halogenated alkanes) is 1. The molecule has 0 aliphatic heterocycles. The van der Waals surface area contributed by atoms with E-state index in [4.69, 9.17) is 4.74 Å². The van der Waals surface area contributed by atoms with Crippen molar-refractivity contribution in [1.29, 1.82) is 0 Å². The lowest BCUT2D eigenvalue weighted by Gasteiger charge is -2.13. The van der Waals surface area contributed by atoms with E-state index in [9.17, 15) is 0 Å². The Morgan fingerprint density at radius 2 is 2.29 bits per heavy atom. The van der Waals surface area contributed by atoms with Crippen LogP contribution in [0.15, 0.2) is 36.0 Å². The van der Waals surface area contributed by atoms with E-state index in [0.717, 1.165) is 24.4 Å². The molecule has 0 radical (unpaired) electrons. The molecule has 0 amide bonds. The third-order valence-corrected chi connectivity index (χ3v) is 2.67. The number of pyridine rings is 1. The number of hydrogen-bond donors (Lipinski definition) is 2. The van der Waals surface area contributed by atoms with Crippen LogP contribution in [0.25, 0.3) is 0 Å². The molecule has 6 heteroatoms. The zero-order valence-corrected chi connectivity index (χ0v) is 15.1. The lowest BCUT2D eigenvalue weighted by molar-refractivity contribution is 0.294. The predicted octanol–water partition coefficient (Wildman–Crippen LogP) is 2.73. The molecule has 0 bridgehead atoms. The zero-order valence-electron chi connectivity index (χ0n) is 12.8. The first-order chi connectivity index (χ1) is 9.81. The molecule has 0 aliphatic carbocycles. The van der Waals surface area contributed by atoms with Crippen LogP contribution in [0.2, 0.25) is 0 Å². The van der Waals surface area contributed by atoms with Crippen LogP contribution in [0.5, 0.6) is 5.88 Å². The average Bonchev–Trinajstić information content (AvgIpc) is 2.49. The molecule has 118 valence electrons. The normalized spacial score (nSPS) is 10.5. The predicted molar refractivity (Wildman–Crippen MR) is 98.5 cm³/mol. The fourth-order valence-electron chi connectivity index (χ4n) is 1.57. The average molecular weight is 404 g/mol. The maximum absolute atomic E-state index is 5.70. The van der Waals surface area contributed by atoms with E-state index in [1.165, 1.54) is 0 Å². The van der Waals surface area contributed by atoms with Crippen molar-refractivity contribution in [2.24, 2.45) is 4.99 Å². The van der Waals surface area contributed by atoms with Crippen LogP contribution in [0.3, 0.4) is 0 Å². The summed E-state index contributed by atoms with van der Waals surface area (Å²) in [6, 6.07) is 3.91. The first-order valence-corrected chi connectivity index (χ1v) is 6.94. The van der Waals surface area contributed by atoms with Crippen LogP contribution in [0, 0.1) is 0 Å². The van der Waals surface area contributed by atoms with Crippen molar-refractivity contribution in [3.05, 3.63) is 36.5 Å². The second-order valence-corrected chi connectivity index (χ2v) is 4.27. The molecule has 0 spiro atoms. The van der Waals surface area contributed by atoms with E-state index >= 15 is 0 Å². The maximum Gasteiger partial charge on any atom is 0.218 e. The van der Waals surface area contributed by atoms with Crippen LogP contribution in [0.4, 0.5) is 0 Å². The first-order valence-electron chi connectivity index (χ1n) is 6.94. The Bertz CT molecular complexity index is 437. The molecule has 2 N–H and O–H groups in total. The minimum atomic E-state index is 0. The number of hydrogen-bond acceptors (Lipinski definition) is 3. The van der Waals surface area contributed by atoms with Gasteiger partial charge >= 0.3 is 0 Å². The molecular weight excluding hydrogens is 379 g/mol. The van der Waals surface area contributed by atoms with Gasteiger partial charge in [0.1, 0.15) is 0 Å². The topological polar surface area (TPSA) is 58.5 Å². The molecule has 1 rings (SSSR count). The fraction of sp³-hybridized carbons (Fsp3) is 0.467. The molecule has 0 unspecified atom stereocenters. The summed E-state index contributed by atoms with van der Waals surface area (Å²) >= 11 is 0. The van der Waals surface area contributed by atoms with Gasteiger partial charge in [-0.3, -0.25) is 4.99 Å². The van der Waals surface area contributed by atoms with Crippen LogP contribution in [-0.2, 0) is 6.54 Å². The molecule has 1 heterocycles. The van der Waals surface area contributed by atoms with Gasteiger partial charge in [-0.2, -0.15) is 0 Å². The number of aromatic nitrogens is 1. The molecule has 0 aliphatic rings. The minimum absolute atomic E-state index is 0. The molecule has 0 fully saturated rings. The minimum Gasteiger partial charge on any atom is -0.477 e. The van der Waals surface area contributed by atoms with Crippen molar-refractivity contribution in [1.82, 2.24) is 15.6 Å². The van der Waals surface area contributed by atoms with Crippen LogP contribution in [0.1, 0.15) is 25.3 Å². The number of nitrogens with zero attached hydrogens (tertiary/aromatic N) is 2. The largest absolute Gasteiger partial charge is 0.477 e. The molecule has 0 saturated heterocycles. The molecule has 0 aromatic carbocycles. The number of guanidine groups is 1. The van der Waals surface area contributed by atoms with Gasteiger partial charge in [-0.1, -0.05) is 25.5 Å². The van der Waals surface area contributed by atoms with E-state index in [2.05, 4.69) is 34.1 Å². The number of nitrogens with one attached hydrogen (secondary N) is 2. The zero-order chi connectivity index (χ0) is 14.6. The van der Waals surface area contributed by atoms with Crippen molar-refractivity contribution in [2.75, 3.05) is 20.2 Å². The van der Waals surface area contributed by atoms with Gasteiger partial charge in [-0.15, -0.1) is 30.6 Å². The Hall–Kier alpha value is -1.31. The Labute approximate surface area is 144 Å². The summed E-state index contributed by atoms with van der Waals surface area (Å²) in [7, 11) is 1.74. The smallest absolute Gasteiger partial charge is 0.218 e. The van der Waals surface area contributed by atoms with Crippen molar-refractivity contribution in [3.63, 3.8) is 0 Å². The van der Waals surface area contributed by atoms with E-state index in [1.54, 1.807) is 19.3 Å². The Balaban J connectivity index is 0.00000400.